The molecule has 0 radical (unpaired) electrons. The number of halogens is 1. The molecule has 1 amide bonds. The Morgan fingerprint density at radius 2 is 1.73 bits per heavy atom. The first-order valence-corrected chi connectivity index (χ1v) is 8.70. The summed E-state index contributed by atoms with van der Waals surface area (Å²) in [6.07, 6.45) is 7.09. The summed E-state index contributed by atoms with van der Waals surface area (Å²) >= 11 is 0. The molecule has 0 saturated heterocycles. The van der Waals surface area contributed by atoms with Crippen LogP contribution in [0, 0.1) is 0 Å². The van der Waals surface area contributed by atoms with Crippen molar-refractivity contribution in [1.29, 1.82) is 0 Å². The molecule has 0 bridgehead atoms. The summed E-state index contributed by atoms with van der Waals surface area (Å²) in [5.74, 6) is -0.350. The number of hydrogen-bond acceptors (Lipinski definition) is 3. The molecule has 0 saturated carbocycles. The number of rotatable bonds is 9. The van der Waals surface area contributed by atoms with Crippen molar-refractivity contribution in [1.82, 2.24) is 0 Å². The molecule has 1 heterocycles. The van der Waals surface area contributed by atoms with E-state index in [1.165, 1.54) is 0 Å². The van der Waals surface area contributed by atoms with Crippen LogP contribution in [-0.4, -0.2) is 18.5 Å². The third kappa shape index (κ3) is 7.78. The van der Waals surface area contributed by atoms with Crippen molar-refractivity contribution in [3.8, 4) is 0 Å². The summed E-state index contributed by atoms with van der Waals surface area (Å²) < 4.78 is 7.18. The number of unbranched alkanes of at least 4 members (excludes halogenated alkanes) is 1. The molecule has 2 rings (SSSR count). The number of carbonyl (C=O) groups is 2. The van der Waals surface area contributed by atoms with Gasteiger partial charge in [-0.25, -0.2) is 9.36 Å². The van der Waals surface area contributed by atoms with Gasteiger partial charge in [-0.2, -0.15) is 0 Å². The number of carbonyl (C=O) groups excluding carboxylic acids is 2. The average molecular weight is 421 g/mol. The summed E-state index contributed by atoms with van der Waals surface area (Å²) in [6, 6.07) is 12.8. The van der Waals surface area contributed by atoms with E-state index in [9.17, 15) is 9.59 Å². The molecule has 0 aliphatic carbocycles. The Hall–Kier alpha value is -2.21. The molecule has 140 valence electrons. The SMILES string of the molecule is CCCOC(=O)c1ccc(NC(=O)CCCC[n+]2ccccc2)cc1.[Br-]. The van der Waals surface area contributed by atoms with Crippen molar-refractivity contribution in [2.75, 3.05) is 11.9 Å². The Bertz CT molecular complexity index is 675. The van der Waals surface area contributed by atoms with E-state index in [2.05, 4.69) is 9.88 Å². The number of esters is 1. The summed E-state index contributed by atoms with van der Waals surface area (Å²) in [7, 11) is 0. The van der Waals surface area contributed by atoms with Crippen LogP contribution in [0.5, 0.6) is 0 Å². The highest BCUT2D eigenvalue weighted by atomic mass is 79.9. The van der Waals surface area contributed by atoms with Crippen LogP contribution in [-0.2, 0) is 16.1 Å². The molecule has 5 nitrogen and oxygen atoms in total. The van der Waals surface area contributed by atoms with Crippen molar-refractivity contribution in [3.05, 3.63) is 60.4 Å². The van der Waals surface area contributed by atoms with Crippen LogP contribution in [0.4, 0.5) is 5.69 Å². The van der Waals surface area contributed by atoms with Crippen LogP contribution < -0.4 is 26.9 Å². The van der Waals surface area contributed by atoms with E-state index in [4.69, 9.17) is 4.74 Å². The van der Waals surface area contributed by atoms with Crippen molar-refractivity contribution >= 4 is 17.6 Å². The third-order valence-corrected chi connectivity index (χ3v) is 3.69. The molecule has 1 N–H and O–H groups in total. The maximum absolute atomic E-state index is 12.0. The van der Waals surface area contributed by atoms with E-state index in [-0.39, 0.29) is 28.9 Å². The molecule has 26 heavy (non-hydrogen) atoms. The molecular formula is C20H25BrN2O3. The second-order valence-corrected chi connectivity index (χ2v) is 5.83. The normalized spacial score (nSPS) is 9.88. The number of aromatic nitrogens is 1. The number of amides is 1. The summed E-state index contributed by atoms with van der Waals surface area (Å²) in [4.78, 5) is 23.7. The summed E-state index contributed by atoms with van der Waals surface area (Å²) in [5.41, 5.74) is 1.18. The monoisotopic (exact) mass is 420 g/mol. The second kappa shape index (κ2) is 12.2. The van der Waals surface area contributed by atoms with Gasteiger partial charge in [0.2, 0.25) is 5.91 Å². The topological polar surface area (TPSA) is 59.3 Å². The van der Waals surface area contributed by atoms with E-state index < -0.39 is 0 Å². The van der Waals surface area contributed by atoms with Crippen LogP contribution in [0.2, 0.25) is 0 Å². The molecule has 0 fully saturated rings. The number of nitrogens with one attached hydrogen (secondary N) is 1. The van der Waals surface area contributed by atoms with Gasteiger partial charge in [-0.3, -0.25) is 4.79 Å². The number of benzene rings is 1. The molecule has 0 atom stereocenters. The van der Waals surface area contributed by atoms with E-state index in [1.807, 2.05) is 37.5 Å². The van der Waals surface area contributed by atoms with Gasteiger partial charge in [-0.15, -0.1) is 0 Å². The van der Waals surface area contributed by atoms with Crippen molar-refractivity contribution < 1.29 is 35.9 Å². The van der Waals surface area contributed by atoms with E-state index in [0.29, 0.717) is 24.3 Å². The third-order valence-electron chi connectivity index (χ3n) is 3.69. The van der Waals surface area contributed by atoms with Crippen LogP contribution >= 0.6 is 0 Å². The Morgan fingerprint density at radius 3 is 2.38 bits per heavy atom. The van der Waals surface area contributed by atoms with Crippen molar-refractivity contribution in [2.45, 2.75) is 39.2 Å². The quantitative estimate of drug-likeness (QED) is 0.361. The van der Waals surface area contributed by atoms with E-state index >= 15 is 0 Å². The zero-order chi connectivity index (χ0) is 17.9. The van der Waals surface area contributed by atoms with Gasteiger partial charge in [0.25, 0.3) is 0 Å². The maximum Gasteiger partial charge on any atom is 0.338 e. The van der Waals surface area contributed by atoms with Gasteiger partial charge < -0.3 is 27.0 Å². The molecule has 2 aromatic rings. The van der Waals surface area contributed by atoms with Crippen LogP contribution in [0.15, 0.2) is 54.9 Å². The molecular weight excluding hydrogens is 396 g/mol. The minimum absolute atomic E-state index is 0. The van der Waals surface area contributed by atoms with E-state index in [1.54, 1.807) is 24.3 Å². The number of pyridine rings is 1. The number of anilines is 1. The fourth-order valence-electron chi connectivity index (χ4n) is 2.35. The first-order chi connectivity index (χ1) is 12.2. The number of hydrogen-bond donors (Lipinski definition) is 1. The molecule has 0 spiro atoms. The van der Waals surface area contributed by atoms with Crippen molar-refractivity contribution in [3.63, 3.8) is 0 Å². The lowest BCUT2D eigenvalue weighted by atomic mass is 10.2. The Kier molecular flexibility index (Phi) is 10.2. The van der Waals surface area contributed by atoms with Crippen LogP contribution in [0.3, 0.4) is 0 Å². The van der Waals surface area contributed by atoms with Gasteiger partial charge >= 0.3 is 5.97 Å². The van der Waals surface area contributed by atoms with Gasteiger partial charge in [0.15, 0.2) is 12.4 Å². The molecule has 0 aliphatic rings. The Balaban J connectivity index is 0.00000338. The Morgan fingerprint density at radius 1 is 1.04 bits per heavy atom. The lowest BCUT2D eigenvalue weighted by Crippen LogP contribution is -3.00. The van der Waals surface area contributed by atoms with E-state index in [0.717, 1.165) is 25.8 Å². The van der Waals surface area contributed by atoms with Gasteiger partial charge in [0.1, 0.15) is 6.54 Å². The van der Waals surface area contributed by atoms with Gasteiger partial charge in [-0.05, 0) is 37.1 Å². The fourth-order valence-corrected chi connectivity index (χ4v) is 2.35. The highest BCUT2D eigenvalue weighted by molar-refractivity contribution is 5.93. The zero-order valence-electron chi connectivity index (χ0n) is 15.0. The van der Waals surface area contributed by atoms with Crippen LogP contribution in [0.1, 0.15) is 43.0 Å². The second-order valence-electron chi connectivity index (χ2n) is 5.83. The first-order valence-electron chi connectivity index (χ1n) is 8.70. The molecule has 6 heteroatoms. The predicted molar refractivity (Wildman–Crippen MR) is 96.1 cm³/mol. The smallest absolute Gasteiger partial charge is 0.338 e. The van der Waals surface area contributed by atoms with Crippen LogP contribution in [0.25, 0.3) is 0 Å². The maximum atomic E-state index is 12.0. The molecule has 0 unspecified atom stereocenters. The standard InChI is InChI=1S/C20H24N2O3.BrH/c1-2-16-25-20(24)17-9-11-18(12-10-17)21-19(23)8-4-7-15-22-13-5-3-6-14-22;/h3,5-6,9-14H,2,4,7-8,15-16H2,1H3;1H. The minimum atomic E-state index is -0.335. The first kappa shape index (κ1) is 21.8. The van der Waals surface area contributed by atoms with Gasteiger partial charge in [0, 0.05) is 30.7 Å². The molecule has 0 aliphatic heterocycles. The van der Waals surface area contributed by atoms with Crippen molar-refractivity contribution in [2.24, 2.45) is 0 Å². The summed E-state index contributed by atoms with van der Waals surface area (Å²) in [6.45, 7) is 3.27. The molecule has 1 aromatic heterocycles. The number of nitrogens with zero attached hydrogens (tertiary/aromatic N) is 1. The Labute approximate surface area is 165 Å². The largest absolute Gasteiger partial charge is 1.00 e. The summed E-state index contributed by atoms with van der Waals surface area (Å²) in [5, 5.41) is 2.85. The highest BCUT2D eigenvalue weighted by Gasteiger charge is 2.08. The van der Waals surface area contributed by atoms with Gasteiger partial charge in [0.05, 0.1) is 12.2 Å². The fraction of sp³-hybridized carbons (Fsp3) is 0.350. The predicted octanol–water partition coefficient (Wildman–Crippen LogP) is 0.354. The highest BCUT2D eigenvalue weighted by Crippen LogP contribution is 2.11. The average Bonchev–Trinajstić information content (AvgIpc) is 2.65. The zero-order valence-corrected chi connectivity index (χ0v) is 16.6. The minimum Gasteiger partial charge on any atom is -1.00 e. The lowest BCUT2D eigenvalue weighted by Gasteiger charge is -2.06. The lowest BCUT2D eigenvalue weighted by molar-refractivity contribution is -0.697. The number of aryl methyl sites for hydroxylation is 1. The number of ether oxygens (including phenoxy) is 1. The van der Waals surface area contributed by atoms with Gasteiger partial charge in [-0.1, -0.05) is 13.0 Å². The molecule has 1 aromatic carbocycles.